The maximum Gasteiger partial charge on any atom is 0.417 e. The highest BCUT2D eigenvalue weighted by Gasteiger charge is 2.58. The van der Waals surface area contributed by atoms with Gasteiger partial charge in [-0.3, -0.25) is 14.7 Å². The Bertz CT molecular complexity index is 1150. The van der Waals surface area contributed by atoms with E-state index in [1.54, 1.807) is 4.90 Å². The molecular formula is C24H30F3N3O4S. The molecule has 0 unspecified atom stereocenters. The van der Waals surface area contributed by atoms with Crippen molar-refractivity contribution in [1.82, 2.24) is 14.8 Å². The first kappa shape index (κ1) is 24.7. The molecule has 1 aliphatic carbocycles. The number of alkyl halides is 3. The van der Waals surface area contributed by atoms with Crippen molar-refractivity contribution >= 4 is 15.7 Å². The van der Waals surface area contributed by atoms with Crippen molar-refractivity contribution in [2.75, 3.05) is 38.2 Å². The highest BCUT2D eigenvalue weighted by atomic mass is 32.2. The second kappa shape index (κ2) is 8.85. The maximum absolute atomic E-state index is 13.8. The van der Waals surface area contributed by atoms with E-state index in [1.807, 2.05) is 6.08 Å². The lowest BCUT2D eigenvalue weighted by atomic mass is 9.80. The third-order valence-electron chi connectivity index (χ3n) is 7.95. The molecule has 4 aliphatic rings. The summed E-state index contributed by atoms with van der Waals surface area (Å²) in [6.45, 7) is 2.46. The monoisotopic (exact) mass is 513 g/mol. The first-order chi connectivity index (χ1) is 16.4. The average molecular weight is 514 g/mol. The lowest BCUT2D eigenvalue weighted by Crippen LogP contribution is -2.48. The Hall–Kier alpha value is -1.98. The van der Waals surface area contributed by atoms with Gasteiger partial charge >= 0.3 is 6.18 Å². The molecular weight excluding hydrogens is 483 g/mol. The molecule has 35 heavy (non-hydrogen) atoms. The van der Waals surface area contributed by atoms with Crippen LogP contribution in [0.3, 0.4) is 0 Å². The fraction of sp³-hybridized carbons (Fsp3) is 0.667. The van der Waals surface area contributed by atoms with Gasteiger partial charge in [-0.1, -0.05) is 11.6 Å². The fourth-order valence-electron chi connectivity index (χ4n) is 6.19. The van der Waals surface area contributed by atoms with Crippen LogP contribution in [0.15, 0.2) is 23.9 Å². The molecule has 7 nitrogen and oxygen atoms in total. The molecule has 11 heteroatoms. The van der Waals surface area contributed by atoms with Crippen LogP contribution in [0.1, 0.15) is 42.5 Å². The number of carbonyl (C=O) groups excluding carboxylic acids is 1. The Balaban J connectivity index is 1.30. The van der Waals surface area contributed by atoms with Crippen LogP contribution in [0.25, 0.3) is 0 Å². The predicted molar refractivity (Wildman–Crippen MR) is 122 cm³/mol. The van der Waals surface area contributed by atoms with Gasteiger partial charge in [-0.2, -0.15) is 13.2 Å². The van der Waals surface area contributed by atoms with E-state index in [1.165, 1.54) is 6.26 Å². The third-order valence-corrected chi connectivity index (χ3v) is 8.84. The zero-order valence-corrected chi connectivity index (χ0v) is 20.5. The van der Waals surface area contributed by atoms with Crippen molar-refractivity contribution in [2.24, 2.45) is 5.41 Å². The van der Waals surface area contributed by atoms with E-state index in [-0.39, 0.29) is 30.4 Å². The summed E-state index contributed by atoms with van der Waals surface area (Å²) in [5.74, 6) is 0.0527. The number of hydrogen-bond donors (Lipinski definition) is 0. The van der Waals surface area contributed by atoms with Crippen LogP contribution in [-0.4, -0.2) is 79.5 Å². The Morgan fingerprint density at radius 3 is 2.77 bits per heavy atom. The van der Waals surface area contributed by atoms with Crippen molar-refractivity contribution in [2.45, 2.75) is 57.0 Å². The molecule has 1 aromatic rings. The highest BCUT2D eigenvalue weighted by Crippen LogP contribution is 2.50. The number of sulfone groups is 1. The largest absolute Gasteiger partial charge is 0.417 e. The minimum atomic E-state index is -4.47. The summed E-state index contributed by atoms with van der Waals surface area (Å²) in [6.07, 6.45) is 2.53. The second-order valence-electron chi connectivity index (χ2n) is 10.3. The third kappa shape index (κ3) is 4.86. The standard InChI is InChI=1S/C24H30F3N3O4S/c1-35(32,33)15-16-2-6-29(7-3-16)19-11-21-23(12-19,5-9-34-21)22(31)30-8-4-20-17(14-30)10-18(13-28-20)24(25,26)27/h2,10,13,19,21H,3-9,11-12,14-15H2,1H3/t19-,21-,23-/m1/s1. The molecule has 3 aliphatic heterocycles. The summed E-state index contributed by atoms with van der Waals surface area (Å²) in [7, 11) is -3.06. The quantitative estimate of drug-likeness (QED) is 0.576. The van der Waals surface area contributed by atoms with Crippen LogP contribution in [0.2, 0.25) is 0 Å². The molecule has 0 bridgehead atoms. The summed E-state index contributed by atoms with van der Waals surface area (Å²) in [5.41, 5.74) is 0.560. The molecule has 0 N–H and O–H groups in total. The van der Waals surface area contributed by atoms with E-state index in [0.717, 1.165) is 30.8 Å². The van der Waals surface area contributed by atoms with Gasteiger partial charge in [0.25, 0.3) is 0 Å². The fourth-order valence-corrected chi connectivity index (χ4v) is 7.12. The first-order valence-electron chi connectivity index (χ1n) is 12.0. The van der Waals surface area contributed by atoms with Crippen molar-refractivity contribution in [1.29, 1.82) is 0 Å². The molecule has 1 saturated carbocycles. The number of carbonyl (C=O) groups is 1. The van der Waals surface area contributed by atoms with Gasteiger partial charge in [0.2, 0.25) is 5.91 Å². The molecule has 3 atom stereocenters. The molecule has 0 aromatic carbocycles. The maximum atomic E-state index is 13.8. The van der Waals surface area contributed by atoms with E-state index in [4.69, 9.17) is 4.74 Å². The number of rotatable bonds is 4. The van der Waals surface area contributed by atoms with Crippen LogP contribution in [-0.2, 0) is 38.5 Å². The zero-order chi connectivity index (χ0) is 25.0. The minimum Gasteiger partial charge on any atom is -0.377 e. The zero-order valence-electron chi connectivity index (χ0n) is 19.7. The number of pyridine rings is 1. The normalized spacial score (nSPS) is 29.6. The topological polar surface area (TPSA) is 79.8 Å². The summed E-state index contributed by atoms with van der Waals surface area (Å²) in [6, 6.07) is 1.27. The van der Waals surface area contributed by atoms with Crippen LogP contribution in [0, 0.1) is 5.41 Å². The summed E-state index contributed by atoms with van der Waals surface area (Å²) >= 11 is 0. The highest BCUT2D eigenvalue weighted by molar-refractivity contribution is 7.90. The van der Waals surface area contributed by atoms with E-state index < -0.39 is 27.0 Å². The van der Waals surface area contributed by atoms with Gasteiger partial charge in [0.15, 0.2) is 9.84 Å². The summed E-state index contributed by atoms with van der Waals surface area (Å²) < 4.78 is 68.8. The van der Waals surface area contributed by atoms with Gasteiger partial charge in [-0.05, 0) is 37.3 Å². The van der Waals surface area contributed by atoms with Gasteiger partial charge in [0.05, 0.1) is 22.8 Å². The Labute approximate surface area is 203 Å². The van der Waals surface area contributed by atoms with Crippen molar-refractivity contribution in [3.63, 3.8) is 0 Å². The van der Waals surface area contributed by atoms with Gasteiger partial charge in [-0.25, -0.2) is 8.42 Å². The average Bonchev–Trinajstić information content (AvgIpc) is 3.35. The number of nitrogens with zero attached hydrogens (tertiary/aromatic N) is 3. The van der Waals surface area contributed by atoms with E-state index in [9.17, 15) is 26.4 Å². The number of ether oxygens (including phenoxy) is 1. The van der Waals surface area contributed by atoms with Crippen LogP contribution < -0.4 is 0 Å². The lowest BCUT2D eigenvalue weighted by molar-refractivity contribution is -0.145. The van der Waals surface area contributed by atoms with E-state index >= 15 is 0 Å². The number of amides is 1. The van der Waals surface area contributed by atoms with Crippen LogP contribution >= 0.6 is 0 Å². The molecule has 5 rings (SSSR count). The number of fused-ring (bicyclic) bond motifs is 2. The Morgan fingerprint density at radius 2 is 2.09 bits per heavy atom. The molecule has 192 valence electrons. The van der Waals surface area contributed by atoms with Gasteiger partial charge in [0, 0.05) is 63.4 Å². The Morgan fingerprint density at radius 1 is 1.29 bits per heavy atom. The molecule has 0 radical (unpaired) electrons. The van der Waals surface area contributed by atoms with Crippen molar-refractivity contribution < 1.29 is 31.1 Å². The van der Waals surface area contributed by atoms with Crippen molar-refractivity contribution in [3.8, 4) is 0 Å². The minimum absolute atomic E-state index is 0.0316. The van der Waals surface area contributed by atoms with E-state index in [0.29, 0.717) is 56.6 Å². The first-order valence-corrected chi connectivity index (χ1v) is 14.1. The van der Waals surface area contributed by atoms with E-state index in [2.05, 4.69) is 9.88 Å². The molecule has 0 spiro atoms. The summed E-state index contributed by atoms with van der Waals surface area (Å²) in [4.78, 5) is 21.8. The predicted octanol–water partition coefficient (Wildman–Crippen LogP) is 2.60. The van der Waals surface area contributed by atoms with Crippen LogP contribution in [0.5, 0.6) is 0 Å². The molecule has 1 saturated heterocycles. The van der Waals surface area contributed by atoms with Crippen LogP contribution in [0.4, 0.5) is 13.2 Å². The number of aromatic nitrogens is 1. The smallest absolute Gasteiger partial charge is 0.377 e. The molecule has 2 fully saturated rings. The van der Waals surface area contributed by atoms with Gasteiger partial charge < -0.3 is 9.64 Å². The molecule has 4 heterocycles. The van der Waals surface area contributed by atoms with Gasteiger partial charge in [-0.15, -0.1) is 0 Å². The summed E-state index contributed by atoms with van der Waals surface area (Å²) in [5, 5.41) is 0. The van der Waals surface area contributed by atoms with Crippen molar-refractivity contribution in [3.05, 3.63) is 40.7 Å². The van der Waals surface area contributed by atoms with Gasteiger partial charge in [0.1, 0.15) is 0 Å². The SMILES string of the molecule is CS(=O)(=O)CC1=CCN([C@@H]2C[C@H]3OCC[C@@]3(C(=O)N3CCc4ncc(C(F)(F)F)cc4C3)C2)CC1. The lowest BCUT2D eigenvalue weighted by Gasteiger charge is -2.37. The molecule has 1 aromatic heterocycles. The second-order valence-corrected chi connectivity index (χ2v) is 12.5. The Kier molecular flexibility index (Phi) is 6.24. The molecule has 1 amide bonds. The number of halogens is 3. The number of hydrogen-bond acceptors (Lipinski definition) is 6.